The molecule has 0 saturated carbocycles. The summed E-state index contributed by atoms with van der Waals surface area (Å²) in [5, 5.41) is 8.02. The summed E-state index contributed by atoms with van der Waals surface area (Å²) in [7, 11) is 5.89. The third kappa shape index (κ3) is 5.32. The van der Waals surface area contributed by atoms with E-state index in [4.69, 9.17) is 4.74 Å². The first-order valence-electron chi connectivity index (χ1n) is 7.84. The standard InChI is InChI=1S/C16H32N4O/c1-12(2)17-10-13(3)14(4)16-15(21-7)11-18-20(16)9-8-19(5)6/h11-14,17H,8-10H2,1-7H3. The zero-order chi connectivity index (χ0) is 16.0. The number of hydrogen-bond acceptors (Lipinski definition) is 4. The summed E-state index contributed by atoms with van der Waals surface area (Å²) in [4.78, 5) is 2.17. The Bertz CT molecular complexity index is 414. The van der Waals surface area contributed by atoms with Crippen LogP contribution in [0.1, 0.15) is 39.3 Å². The molecule has 0 aliphatic heterocycles. The second-order valence-corrected chi connectivity index (χ2v) is 6.45. The Hall–Kier alpha value is -1.07. The van der Waals surface area contributed by atoms with Crippen molar-refractivity contribution in [3.8, 4) is 5.75 Å². The molecular formula is C16H32N4O. The number of hydrogen-bond donors (Lipinski definition) is 1. The average Bonchev–Trinajstić information content (AvgIpc) is 2.84. The van der Waals surface area contributed by atoms with Crippen molar-refractivity contribution in [1.29, 1.82) is 0 Å². The molecule has 0 aliphatic rings. The summed E-state index contributed by atoms with van der Waals surface area (Å²) in [6, 6.07) is 0.514. The molecule has 0 bridgehead atoms. The van der Waals surface area contributed by atoms with Crippen LogP contribution in [0.2, 0.25) is 0 Å². The fraction of sp³-hybridized carbons (Fsp3) is 0.812. The molecule has 0 saturated heterocycles. The molecule has 1 aromatic rings. The van der Waals surface area contributed by atoms with Crippen LogP contribution in [-0.4, -0.2) is 55.0 Å². The zero-order valence-corrected chi connectivity index (χ0v) is 14.7. The van der Waals surface area contributed by atoms with Crippen LogP contribution in [0.3, 0.4) is 0 Å². The van der Waals surface area contributed by atoms with E-state index in [0.29, 0.717) is 17.9 Å². The van der Waals surface area contributed by atoms with E-state index >= 15 is 0 Å². The van der Waals surface area contributed by atoms with Gasteiger partial charge in [0, 0.05) is 18.5 Å². The fourth-order valence-corrected chi connectivity index (χ4v) is 2.34. The molecule has 2 atom stereocenters. The highest BCUT2D eigenvalue weighted by Crippen LogP contribution is 2.31. The Morgan fingerprint density at radius 2 is 1.95 bits per heavy atom. The Morgan fingerprint density at radius 1 is 1.29 bits per heavy atom. The molecule has 0 radical (unpaired) electrons. The summed E-state index contributed by atoms with van der Waals surface area (Å²) in [6.45, 7) is 11.8. The molecule has 1 N–H and O–H groups in total. The fourth-order valence-electron chi connectivity index (χ4n) is 2.34. The molecule has 2 unspecified atom stereocenters. The first-order chi connectivity index (χ1) is 9.86. The summed E-state index contributed by atoms with van der Waals surface area (Å²) in [5.41, 5.74) is 1.21. The monoisotopic (exact) mass is 296 g/mol. The largest absolute Gasteiger partial charge is 0.493 e. The van der Waals surface area contributed by atoms with E-state index in [-0.39, 0.29) is 0 Å². The number of nitrogens with one attached hydrogen (secondary N) is 1. The predicted octanol–water partition coefficient (Wildman–Crippen LogP) is 2.19. The highest BCUT2D eigenvalue weighted by atomic mass is 16.5. The SMILES string of the molecule is COc1cnn(CCN(C)C)c1C(C)C(C)CNC(C)C. The van der Waals surface area contributed by atoms with E-state index in [1.165, 1.54) is 5.69 Å². The molecule has 0 spiro atoms. The van der Waals surface area contributed by atoms with Gasteiger partial charge in [-0.1, -0.05) is 27.7 Å². The van der Waals surface area contributed by atoms with E-state index in [1.54, 1.807) is 7.11 Å². The number of methoxy groups -OCH3 is 1. The molecule has 5 heteroatoms. The lowest BCUT2D eigenvalue weighted by molar-refractivity contribution is 0.345. The van der Waals surface area contributed by atoms with Gasteiger partial charge < -0.3 is 15.0 Å². The van der Waals surface area contributed by atoms with Gasteiger partial charge in [-0.25, -0.2) is 0 Å². The van der Waals surface area contributed by atoms with E-state index in [0.717, 1.165) is 25.4 Å². The highest BCUT2D eigenvalue weighted by Gasteiger charge is 2.23. The van der Waals surface area contributed by atoms with E-state index in [2.05, 4.69) is 61.8 Å². The topological polar surface area (TPSA) is 42.3 Å². The third-order valence-corrected chi connectivity index (χ3v) is 3.96. The molecule has 21 heavy (non-hydrogen) atoms. The van der Waals surface area contributed by atoms with Crippen LogP contribution < -0.4 is 10.1 Å². The Balaban J connectivity index is 2.84. The lowest BCUT2D eigenvalue weighted by Crippen LogP contribution is -2.31. The number of likely N-dealkylation sites (N-methyl/N-ethyl adjacent to an activating group) is 1. The Labute approximate surface area is 129 Å². The van der Waals surface area contributed by atoms with Crippen LogP contribution in [0, 0.1) is 5.92 Å². The van der Waals surface area contributed by atoms with Gasteiger partial charge in [-0.05, 0) is 26.6 Å². The van der Waals surface area contributed by atoms with Crippen LogP contribution in [0.15, 0.2) is 6.20 Å². The minimum atomic E-state index is 0.399. The second kappa shape index (κ2) is 8.39. The Morgan fingerprint density at radius 3 is 2.48 bits per heavy atom. The third-order valence-electron chi connectivity index (χ3n) is 3.96. The molecular weight excluding hydrogens is 264 g/mol. The quantitative estimate of drug-likeness (QED) is 0.758. The van der Waals surface area contributed by atoms with Crippen molar-refractivity contribution in [2.45, 2.75) is 46.2 Å². The predicted molar refractivity (Wildman–Crippen MR) is 88.1 cm³/mol. The minimum Gasteiger partial charge on any atom is -0.493 e. The molecule has 1 heterocycles. The van der Waals surface area contributed by atoms with Crippen LogP contribution in [-0.2, 0) is 6.54 Å². The van der Waals surface area contributed by atoms with Gasteiger partial charge in [-0.3, -0.25) is 4.68 Å². The first-order valence-corrected chi connectivity index (χ1v) is 7.84. The molecule has 0 aliphatic carbocycles. The number of nitrogens with zero attached hydrogens (tertiary/aromatic N) is 3. The van der Waals surface area contributed by atoms with Crippen molar-refractivity contribution in [2.24, 2.45) is 5.92 Å². The molecule has 122 valence electrons. The number of rotatable bonds is 9. The van der Waals surface area contributed by atoms with Gasteiger partial charge in [-0.2, -0.15) is 5.10 Å². The van der Waals surface area contributed by atoms with Gasteiger partial charge in [0.15, 0.2) is 5.75 Å². The van der Waals surface area contributed by atoms with Gasteiger partial charge in [0.1, 0.15) is 0 Å². The van der Waals surface area contributed by atoms with Gasteiger partial charge in [-0.15, -0.1) is 0 Å². The van der Waals surface area contributed by atoms with Crippen molar-refractivity contribution in [3.63, 3.8) is 0 Å². The van der Waals surface area contributed by atoms with Crippen LogP contribution in [0.4, 0.5) is 0 Å². The van der Waals surface area contributed by atoms with Crippen molar-refractivity contribution in [1.82, 2.24) is 20.0 Å². The van der Waals surface area contributed by atoms with E-state index in [1.807, 2.05) is 6.20 Å². The zero-order valence-electron chi connectivity index (χ0n) is 14.7. The molecule has 1 aromatic heterocycles. The van der Waals surface area contributed by atoms with Crippen molar-refractivity contribution in [3.05, 3.63) is 11.9 Å². The number of ether oxygens (including phenoxy) is 1. The van der Waals surface area contributed by atoms with Gasteiger partial charge >= 0.3 is 0 Å². The summed E-state index contributed by atoms with van der Waals surface area (Å²) in [5.74, 6) is 1.82. The lowest BCUT2D eigenvalue weighted by Gasteiger charge is -2.24. The highest BCUT2D eigenvalue weighted by molar-refractivity contribution is 5.29. The maximum Gasteiger partial charge on any atom is 0.160 e. The molecule has 1 rings (SSSR count). The second-order valence-electron chi connectivity index (χ2n) is 6.45. The van der Waals surface area contributed by atoms with Crippen molar-refractivity contribution in [2.75, 3.05) is 34.3 Å². The molecule has 0 fully saturated rings. The minimum absolute atomic E-state index is 0.399. The summed E-state index contributed by atoms with van der Waals surface area (Å²) >= 11 is 0. The maximum absolute atomic E-state index is 5.51. The van der Waals surface area contributed by atoms with Gasteiger partial charge in [0.05, 0.1) is 25.5 Å². The molecule has 5 nitrogen and oxygen atoms in total. The van der Waals surface area contributed by atoms with E-state index < -0.39 is 0 Å². The molecule has 0 aromatic carbocycles. The Kier molecular flexibility index (Phi) is 7.18. The van der Waals surface area contributed by atoms with Gasteiger partial charge in [0.2, 0.25) is 0 Å². The van der Waals surface area contributed by atoms with Crippen LogP contribution >= 0.6 is 0 Å². The maximum atomic E-state index is 5.51. The summed E-state index contributed by atoms with van der Waals surface area (Å²) < 4.78 is 7.60. The van der Waals surface area contributed by atoms with Crippen LogP contribution in [0.5, 0.6) is 5.75 Å². The van der Waals surface area contributed by atoms with E-state index in [9.17, 15) is 0 Å². The van der Waals surface area contributed by atoms with Crippen molar-refractivity contribution >= 4 is 0 Å². The average molecular weight is 296 g/mol. The van der Waals surface area contributed by atoms with Crippen LogP contribution in [0.25, 0.3) is 0 Å². The van der Waals surface area contributed by atoms with Gasteiger partial charge in [0.25, 0.3) is 0 Å². The normalized spacial score (nSPS) is 14.7. The molecule has 0 amide bonds. The number of aromatic nitrogens is 2. The smallest absolute Gasteiger partial charge is 0.160 e. The summed E-state index contributed by atoms with van der Waals surface area (Å²) in [6.07, 6.45) is 1.84. The van der Waals surface area contributed by atoms with Crippen molar-refractivity contribution < 1.29 is 4.74 Å². The first kappa shape index (κ1) is 18.0. The lowest BCUT2D eigenvalue weighted by atomic mass is 9.92.